The van der Waals surface area contributed by atoms with E-state index in [9.17, 15) is 0 Å². The van der Waals surface area contributed by atoms with E-state index in [0.717, 1.165) is 47.7 Å². The van der Waals surface area contributed by atoms with Crippen molar-refractivity contribution in [1.29, 1.82) is 0 Å². The van der Waals surface area contributed by atoms with E-state index in [1.54, 1.807) is 0 Å². The van der Waals surface area contributed by atoms with Gasteiger partial charge in [0.15, 0.2) is 5.82 Å². The first kappa shape index (κ1) is 19.3. The summed E-state index contributed by atoms with van der Waals surface area (Å²) >= 11 is 0. The third kappa shape index (κ3) is 3.91. The van der Waals surface area contributed by atoms with E-state index < -0.39 is 0 Å². The number of nitrogens with zero attached hydrogens (tertiary/aromatic N) is 2. The highest BCUT2D eigenvalue weighted by Crippen LogP contribution is 2.36. The molecule has 2 heterocycles. The smallest absolute Gasteiger partial charge is 0.155 e. The van der Waals surface area contributed by atoms with Crippen LogP contribution in [0.5, 0.6) is 0 Å². The molecule has 29 heavy (non-hydrogen) atoms. The first-order chi connectivity index (χ1) is 14.1. The second-order valence-corrected chi connectivity index (χ2v) is 7.75. The standard InChI is InChI=1S/C24H29N5/c1-5-19-16(2)26-23(22(19)17-9-7-6-8-10-17)24-27-20-12-11-18(15-21(20)28-24)25-13-14-29(3)4/h6-12,15,25-26H,5,13-14H2,1-4H3,(H,27,28). The molecule has 0 aliphatic heterocycles. The van der Waals surface area contributed by atoms with Crippen LogP contribution >= 0.6 is 0 Å². The van der Waals surface area contributed by atoms with Crippen LogP contribution in [0.25, 0.3) is 33.7 Å². The number of nitrogens with one attached hydrogen (secondary N) is 3. The van der Waals surface area contributed by atoms with Gasteiger partial charge in [-0.3, -0.25) is 0 Å². The fraction of sp³-hybridized carbons (Fsp3) is 0.292. The molecule has 5 nitrogen and oxygen atoms in total. The predicted molar refractivity (Wildman–Crippen MR) is 122 cm³/mol. The van der Waals surface area contributed by atoms with Crippen molar-refractivity contribution in [2.45, 2.75) is 20.3 Å². The van der Waals surface area contributed by atoms with Crippen LogP contribution in [-0.4, -0.2) is 47.0 Å². The van der Waals surface area contributed by atoms with Crippen molar-refractivity contribution < 1.29 is 0 Å². The van der Waals surface area contributed by atoms with Crippen molar-refractivity contribution in [3.63, 3.8) is 0 Å². The highest BCUT2D eigenvalue weighted by Gasteiger charge is 2.19. The third-order valence-corrected chi connectivity index (χ3v) is 5.34. The topological polar surface area (TPSA) is 59.7 Å². The van der Waals surface area contributed by atoms with Crippen LogP contribution in [0.1, 0.15) is 18.2 Å². The maximum Gasteiger partial charge on any atom is 0.155 e. The Morgan fingerprint density at radius 1 is 1.03 bits per heavy atom. The van der Waals surface area contributed by atoms with Crippen molar-refractivity contribution in [2.24, 2.45) is 0 Å². The Labute approximate surface area is 172 Å². The fourth-order valence-corrected chi connectivity index (χ4v) is 3.87. The second kappa shape index (κ2) is 8.13. The predicted octanol–water partition coefficient (Wildman–Crippen LogP) is 5.07. The summed E-state index contributed by atoms with van der Waals surface area (Å²) in [6.07, 6.45) is 0.979. The number of likely N-dealkylation sites (N-methyl/N-ethyl adjacent to an activating group) is 1. The highest BCUT2D eigenvalue weighted by atomic mass is 15.1. The van der Waals surface area contributed by atoms with Gasteiger partial charge in [0.05, 0.1) is 16.7 Å². The summed E-state index contributed by atoms with van der Waals surface area (Å²) in [4.78, 5) is 14.2. The van der Waals surface area contributed by atoms with Gasteiger partial charge in [-0.25, -0.2) is 4.98 Å². The summed E-state index contributed by atoms with van der Waals surface area (Å²) < 4.78 is 0. The van der Waals surface area contributed by atoms with Crippen LogP contribution in [0.3, 0.4) is 0 Å². The molecule has 2 aromatic heterocycles. The normalized spacial score (nSPS) is 11.5. The van der Waals surface area contributed by atoms with Gasteiger partial charge >= 0.3 is 0 Å². The van der Waals surface area contributed by atoms with Crippen LogP contribution in [0, 0.1) is 6.92 Å². The highest BCUT2D eigenvalue weighted by molar-refractivity contribution is 5.87. The van der Waals surface area contributed by atoms with E-state index in [2.05, 4.69) is 96.7 Å². The summed E-state index contributed by atoms with van der Waals surface area (Å²) in [5, 5.41) is 3.48. The van der Waals surface area contributed by atoms with Crippen LogP contribution in [0.15, 0.2) is 48.5 Å². The van der Waals surface area contributed by atoms with E-state index in [-0.39, 0.29) is 0 Å². The molecule has 0 atom stereocenters. The summed E-state index contributed by atoms with van der Waals surface area (Å²) in [6, 6.07) is 16.9. The molecular weight excluding hydrogens is 358 g/mol. The zero-order valence-corrected chi connectivity index (χ0v) is 17.6. The number of aromatic amines is 2. The number of benzene rings is 2. The molecule has 0 radical (unpaired) electrons. The van der Waals surface area contributed by atoms with Gasteiger partial charge < -0.3 is 20.2 Å². The average Bonchev–Trinajstić information content (AvgIpc) is 3.28. The molecule has 3 N–H and O–H groups in total. The van der Waals surface area contributed by atoms with E-state index in [1.807, 2.05) is 0 Å². The zero-order valence-electron chi connectivity index (χ0n) is 17.6. The molecule has 0 spiro atoms. The maximum atomic E-state index is 4.88. The molecule has 0 saturated carbocycles. The lowest BCUT2D eigenvalue weighted by atomic mass is 9.98. The molecule has 0 aliphatic carbocycles. The average molecular weight is 388 g/mol. The first-order valence-corrected chi connectivity index (χ1v) is 10.2. The van der Waals surface area contributed by atoms with Crippen molar-refractivity contribution in [1.82, 2.24) is 19.9 Å². The Bertz CT molecular complexity index is 1110. The van der Waals surface area contributed by atoms with Crippen molar-refractivity contribution >= 4 is 16.7 Å². The molecule has 0 fully saturated rings. The minimum Gasteiger partial charge on any atom is -0.384 e. The largest absolute Gasteiger partial charge is 0.384 e. The Morgan fingerprint density at radius 3 is 2.55 bits per heavy atom. The van der Waals surface area contributed by atoms with E-state index in [1.165, 1.54) is 22.4 Å². The molecule has 4 aromatic rings. The van der Waals surface area contributed by atoms with Gasteiger partial charge in [0.25, 0.3) is 0 Å². The minimum absolute atomic E-state index is 0.882. The third-order valence-electron chi connectivity index (χ3n) is 5.34. The number of H-pyrrole nitrogens is 2. The fourth-order valence-electron chi connectivity index (χ4n) is 3.87. The van der Waals surface area contributed by atoms with Gasteiger partial charge in [0.1, 0.15) is 0 Å². The Balaban J connectivity index is 1.73. The number of aryl methyl sites for hydroxylation is 1. The number of hydrogen-bond acceptors (Lipinski definition) is 3. The summed E-state index contributed by atoms with van der Waals surface area (Å²) in [5.74, 6) is 0.882. The SMILES string of the molecule is CCc1c(C)[nH]c(-c2nc3ccc(NCCN(C)C)cc3[nH]2)c1-c1ccccc1. The van der Waals surface area contributed by atoms with E-state index in [0.29, 0.717) is 0 Å². The number of imidazole rings is 1. The lowest BCUT2D eigenvalue weighted by molar-refractivity contribution is 0.425. The molecule has 0 bridgehead atoms. The molecule has 2 aromatic carbocycles. The molecule has 0 amide bonds. The van der Waals surface area contributed by atoms with Gasteiger partial charge in [0, 0.05) is 30.0 Å². The van der Waals surface area contributed by atoms with Crippen molar-refractivity contribution in [3.05, 3.63) is 59.8 Å². The first-order valence-electron chi connectivity index (χ1n) is 10.2. The van der Waals surface area contributed by atoms with E-state index in [4.69, 9.17) is 4.98 Å². The van der Waals surface area contributed by atoms with E-state index >= 15 is 0 Å². The van der Waals surface area contributed by atoms with Crippen LogP contribution in [0.2, 0.25) is 0 Å². The van der Waals surface area contributed by atoms with Gasteiger partial charge in [-0.05, 0) is 56.8 Å². The molecule has 5 heteroatoms. The number of fused-ring (bicyclic) bond motifs is 1. The van der Waals surface area contributed by atoms with Crippen LogP contribution < -0.4 is 5.32 Å². The number of rotatable bonds is 7. The number of anilines is 1. The Hall–Kier alpha value is -3.05. The molecule has 0 aliphatic rings. The van der Waals surface area contributed by atoms with Gasteiger partial charge in [0.2, 0.25) is 0 Å². The Morgan fingerprint density at radius 2 is 1.83 bits per heavy atom. The zero-order chi connectivity index (χ0) is 20.4. The van der Waals surface area contributed by atoms with Crippen LogP contribution in [0.4, 0.5) is 5.69 Å². The second-order valence-electron chi connectivity index (χ2n) is 7.75. The van der Waals surface area contributed by atoms with Crippen molar-refractivity contribution in [3.8, 4) is 22.6 Å². The molecule has 0 saturated heterocycles. The van der Waals surface area contributed by atoms with Crippen LogP contribution in [-0.2, 0) is 6.42 Å². The lowest BCUT2D eigenvalue weighted by Gasteiger charge is -2.11. The van der Waals surface area contributed by atoms with Crippen molar-refractivity contribution in [2.75, 3.05) is 32.5 Å². The van der Waals surface area contributed by atoms with Gasteiger partial charge in [-0.15, -0.1) is 0 Å². The summed E-state index contributed by atoms with van der Waals surface area (Å²) in [7, 11) is 4.17. The minimum atomic E-state index is 0.882. The Kier molecular flexibility index (Phi) is 5.41. The van der Waals surface area contributed by atoms with Gasteiger partial charge in [-0.1, -0.05) is 37.3 Å². The van der Waals surface area contributed by atoms with Gasteiger partial charge in [-0.2, -0.15) is 0 Å². The number of aromatic nitrogens is 3. The molecular formula is C24H29N5. The molecule has 150 valence electrons. The maximum absolute atomic E-state index is 4.88. The summed E-state index contributed by atoms with van der Waals surface area (Å²) in [5.41, 5.74) is 9.19. The molecule has 4 rings (SSSR count). The molecule has 0 unspecified atom stereocenters. The number of hydrogen-bond donors (Lipinski definition) is 3. The summed E-state index contributed by atoms with van der Waals surface area (Å²) in [6.45, 7) is 6.25. The monoisotopic (exact) mass is 387 g/mol. The lowest BCUT2D eigenvalue weighted by Crippen LogP contribution is -2.20. The quantitative estimate of drug-likeness (QED) is 0.415.